The number of hydrogen-bond donors (Lipinski definition) is 0. The largest absolute Gasteiger partial charge is 0.205 e. The highest BCUT2D eigenvalue weighted by Crippen LogP contribution is 2.24. The molecule has 22 heavy (non-hydrogen) atoms. The minimum atomic E-state index is 0.800. The molecule has 0 amide bonds. The molecule has 0 radical (unpaired) electrons. The van der Waals surface area contributed by atoms with Crippen LogP contribution in [0.5, 0.6) is 0 Å². The van der Waals surface area contributed by atoms with Gasteiger partial charge in [0.05, 0.1) is 5.71 Å². The number of aliphatic imine (C=N–C) groups is 1. The first-order valence-corrected chi connectivity index (χ1v) is 8.38. The Hall–Kier alpha value is -1.92. The molecule has 0 atom stereocenters. The number of nitrogens with zero attached hydrogens (tertiary/aromatic N) is 2. The van der Waals surface area contributed by atoms with Crippen LogP contribution in [0.1, 0.15) is 35.1 Å². The molecule has 0 saturated carbocycles. The molecule has 0 saturated heterocycles. The second-order valence-electron chi connectivity index (χ2n) is 5.58. The summed E-state index contributed by atoms with van der Waals surface area (Å²) in [5.74, 6) is 0. The van der Waals surface area contributed by atoms with Crippen LogP contribution < -0.4 is 0 Å². The molecular weight excluding hydrogens is 336 g/mol. The normalized spacial score (nSPS) is 16.5. The van der Waals surface area contributed by atoms with E-state index >= 15 is 0 Å². The van der Waals surface area contributed by atoms with E-state index in [2.05, 4.69) is 63.4 Å². The molecule has 2 aromatic rings. The number of nitriles is 1. The number of aryl methyl sites for hydroxylation is 3. The molecule has 0 bridgehead atoms. The van der Waals surface area contributed by atoms with Crippen molar-refractivity contribution in [3.63, 3.8) is 0 Å². The van der Waals surface area contributed by atoms with Gasteiger partial charge in [-0.3, -0.25) is 0 Å². The van der Waals surface area contributed by atoms with E-state index < -0.39 is 0 Å². The molecule has 1 aliphatic carbocycles. The van der Waals surface area contributed by atoms with Crippen LogP contribution in [0.3, 0.4) is 0 Å². The van der Waals surface area contributed by atoms with Gasteiger partial charge in [0.2, 0.25) is 6.19 Å². The zero-order valence-electron chi connectivity index (χ0n) is 12.3. The molecule has 0 spiro atoms. The van der Waals surface area contributed by atoms with Gasteiger partial charge in [0.1, 0.15) is 0 Å². The predicted molar refractivity (Wildman–Crippen MR) is 93.1 cm³/mol. The third-order valence-corrected chi connectivity index (χ3v) is 4.70. The summed E-state index contributed by atoms with van der Waals surface area (Å²) < 4.78 is 1.04. The maximum Gasteiger partial charge on any atom is 0.205 e. The van der Waals surface area contributed by atoms with Gasteiger partial charge >= 0.3 is 0 Å². The summed E-state index contributed by atoms with van der Waals surface area (Å²) in [7, 11) is 0. The van der Waals surface area contributed by atoms with Crippen molar-refractivity contribution >= 4 is 21.6 Å². The quantitative estimate of drug-likeness (QED) is 0.624. The maximum atomic E-state index is 9.05. The van der Waals surface area contributed by atoms with Crippen molar-refractivity contribution in [2.24, 2.45) is 4.99 Å². The van der Waals surface area contributed by atoms with E-state index in [1.165, 1.54) is 16.7 Å². The lowest BCUT2D eigenvalue weighted by molar-refractivity contribution is 0.801. The van der Waals surface area contributed by atoms with Crippen LogP contribution in [0.4, 0.5) is 0 Å². The smallest absolute Gasteiger partial charge is 0.178 e. The van der Waals surface area contributed by atoms with E-state index in [1.54, 1.807) is 0 Å². The van der Waals surface area contributed by atoms with Gasteiger partial charge in [-0.2, -0.15) is 10.3 Å². The van der Waals surface area contributed by atoms with E-state index in [4.69, 9.17) is 5.26 Å². The molecule has 0 heterocycles. The fourth-order valence-corrected chi connectivity index (χ4v) is 3.48. The summed E-state index contributed by atoms with van der Waals surface area (Å²) in [6.45, 7) is 0. The van der Waals surface area contributed by atoms with Gasteiger partial charge in [-0.25, -0.2) is 0 Å². The molecule has 0 fully saturated rings. The number of hydrogen-bond acceptors (Lipinski definition) is 2. The number of benzene rings is 2. The number of halogens is 1. The van der Waals surface area contributed by atoms with E-state index in [-0.39, 0.29) is 0 Å². The highest BCUT2D eigenvalue weighted by Gasteiger charge is 2.14. The molecule has 3 heteroatoms. The SMILES string of the molecule is N#CN=C1CCc2ccccc2CCCc2ccc(Br)cc21. The van der Waals surface area contributed by atoms with Gasteiger partial charge < -0.3 is 0 Å². The van der Waals surface area contributed by atoms with Crippen molar-refractivity contribution < 1.29 is 0 Å². The van der Waals surface area contributed by atoms with Gasteiger partial charge in [-0.1, -0.05) is 46.3 Å². The van der Waals surface area contributed by atoms with E-state index in [1.807, 2.05) is 6.19 Å². The minimum absolute atomic E-state index is 0.800. The molecule has 0 N–H and O–H groups in total. The zero-order valence-corrected chi connectivity index (χ0v) is 13.9. The van der Waals surface area contributed by atoms with Crippen molar-refractivity contribution in [3.05, 3.63) is 69.2 Å². The van der Waals surface area contributed by atoms with Crippen molar-refractivity contribution in [2.45, 2.75) is 32.1 Å². The van der Waals surface area contributed by atoms with Gasteiger partial charge in [-0.05, 0) is 60.9 Å². The van der Waals surface area contributed by atoms with Crippen LogP contribution in [0.15, 0.2) is 51.9 Å². The van der Waals surface area contributed by atoms with Crippen LogP contribution in [-0.4, -0.2) is 5.71 Å². The summed E-state index contributed by atoms with van der Waals surface area (Å²) in [5, 5.41) is 9.05. The Labute approximate surface area is 139 Å². The van der Waals surface area contributed by atoms with Crippen molar-refractivity contribution in [1.82, 2.24) is 0 Å². The van der Waals surface area contributed by atoms with Crippen molar-refractivity contribution in [2.75, 3.05) is 0 Å². The monoisotopic (exact) mass is 352 g/mol. The number of rotatable bonds is 0. The number of fused-ring (bicyclic) bond motifs is 2. The van der Waals surface area contributed by atoms with Crippen LogP contribution in [0, 0.1) is 11.5 Å². The van der Waals surface area contributed by atoms with Crippen LogP contribution in [-0.2, 0) is 19.3 Å². The Morgan fingerprint density at radius 2 is 1.64 bits per heavy atom. The summed E-state index contributed by atoms with van der Waals surface area (Å²) >= 11 is 3.54. The van der Waals surface area contributed by atoms with Gasteiger partial charge in [0, 0.05) is 10.0 Å². The van der Waals surface area contributed by atoms with Crippen molar-refractivity contribution in [1.29, 1.82) is 5.26 Å². The molecule has 0 aromatic heterocycles. The lowest BCUT2D eigenvalue weighted by atomic mass is 9.90. The third kappa shape index (κ3) is 3.28. The Bertz CT molecular complexity index is 756. The van der Waals surface area contributed by atoms with Gasteiger partial charge in [-0.15, -0.1) is 0 Å². The Kier molecular flexibility index (Phi) is 4.70. The van der Waals surface area contributed by atoms with Crippen LogP contribution in [0.25, 0.3) is 0 Å². The summed E-state index contributed by atoms with van der Waals surface area (Å²) in [4.78, 5) is 4.11. The third-order valence-electron chi connectivity index (χ3n) is 4.21. The fraction of sp³-hybridized carbons (Fsp3) is 0.263. The first-order chi connectivity index (χ1) is 10.8. The molecule has 1 aliphatic rings. The molecule has 0 unspecified atom stereocenters. The van der Waals surface area contributed by atoms with E-state index in [9.17, 15) is 0 Å². The summed E-state index contributed by atoms with van der Waals surface area (Å²) in [5.41, 5.74) is 6.12. The van der Waals surface area contributed by atoms with Crippen LogP contribution >= 0.6 is 15.9 Å². The molecule has 2 nitrogen and oxygen atoms in total. The standard InChI is InChI=1S/C19H17BrN2/c20-17-10-8-16-7-3-6-14-4-1-2-5-15(14)9-11-19(22-13-21)18(16)12-17/h1-2,4-5,8,10,12H,3,6-7,9,11H2. The first kappa shape index (κ1) is 15.0. The van der Waals surface area contributed by atoms with Gasteiger partial charge in [0.25, 0.3) is 0 Å². The van der Waals surface area contributed by atoms with Gasteiger partial charge in [0.15, 0.2) is 0 Å². The predicted octanol–water partition coefficient (Wildman–Crippen LogP) is 4.84. The minimum Gasteiger partial charge on any atom is -0.178 e. The Morgan fingerprint density at radius 1 is 0.909 bits per heavy atom. The zero-order chi connectivity index (χ0) is 15.4. The average molecular weight is 353 g/mol. The average Bonchev–Trinajstić information content (AvgIpc) is 2.54. The molecule has 110 valence electrons. The summed E-state index contributed by atoms with van der Waals surface area (Å²) in [6.07, 6.45) is 6.95. The van der Waals surface area contributed by atoms with Crippen molar-refractivity contribution in [3.8, 4) is 6.19 Å². The molecule has 3 rings (SSSR count). The Balaban J connectivity index is 2.02. The second kappa shape index (κ2) is 6.89. The lowest BCUT2D eigenvalue weighted by Crippen LogP contribution is -2.10. The van der Waals surface area contributed by atoms with Crippen LogP contribution in [0.2, 0.25) is 0 Å². The fourth-order valence-electron chi connectivity index (χ4n) is 3.11. The molecular formula is C19H17BrN2. The highest BCUT2D eigenvalue weighted by atomic mass is 79.9. The second-order valence-corrected chi connectivity index (χ2v) is 6.50. The topological polar surface area (TPSA) is 36.1 Å². The maximum absolute atomic E-state index is 9.05. The lowest BCUT2D eigenvalue weighted by Gasteiger charge is -2.16. The molecule has 2 aromatic carbocycles. The van der Waals surface area contributed by atoms with E-state index in [0.29, 0.717) is 0 Å². The van der Waals surface area contributed by atoms with E-state index in [0.717, 1.165) is 47.9 Å². The summed E-state index contributed by atoms with van der Waals surface area (Å²) in [6, 6.07) is 14.9. The first-order valence-electron chi connectivity index (χ1n) is 7.59. The highest BCUT2D eigenvalue weighted by molar-refractivity contribution is 9.10. The Morgan fingerprint density at radius 3 is 2.41 bits per heavy atom. The molecule has 0 aliphatic heterocycles.